The van der Waals surface area contributed by atoms with Crippen LogP contribution in [0, 0.1) is 5.92 Å². The van der Waals surface area contributed by atoms with E-state index in [-0.39, 0.29) is 24.8 Å². The highest BCUT2D eigenvalue weighted by Crippen LogP contribution is 2.26. The number of aromatic nitrogens is 1. The van der Waals surface area contributed by atoms with Gasteiger partial charge >= 0.3 is 0 Å². The number of carbonyl (C=O) groups is 1. The van der Waals surface area contributed by atoms with Crippen molar-refractivity contribution in [2.45, 2.75) is 33.3 Å². The molecular weight excluding hydrogens is 324 g/mol. The van der Waals surface area contributed by atoms with E-state index in [2.05, 4.69) is 10.3 Å². The van der Waals surface area contributed by atoms with Crippen LogP contribution in [0.1, 0.15) is 26.5 Å². The second-order valence-electron chi connectivity index (χ2n) is 5.89. The highest BCUT2D eigenvalue weighted by Gasteiger charge is 2.13. The molecule has 1 heterocycles. The maximum absolute atomic E-state index is 11.9. The van der Waals surface area contributed by atoms with Crippen LogP contribution in [-0.4, -0.2) is 35.3 Å². The molecule has 1 amide bonds. The number of thiazole rings is 1. The van der Waals surface area contributed by atoms with E-state index in [1.807, 2.05) is 50.4 Å². The zero-order valence-electron chi connectivity index (χ0n) is 14.3. The molecule has 0 saturated carbocycles. The molecule has 1 aromatic heterocycles. The van der Waals surface area contributed by atoms with E-state index in [9.17, 15) is 9.90 Å². The Labute approximate surface area is 146 Å². The molecule has 2 rings (SSSR count). The van der Waals surface area contributed by atoms with Gasteiger partial charge in [-0.15, -0.1) is 11.3 Å². The molecule has 0 aliphatic carbocycles. The van der Waals surface area contributed by atoms with Crippen LogP contribution in [0.25, 0.3) is 10.6 Å². The van der Waals surface area contributed by atoms with E-state index in [0.29, 0.717) is 6.61 Å². The Kier molecular flexibility index (Phi) is 6.75. The minimum atomic E-state index is -0.524. The summed E-state index contributed by atoms with van der Waals surface area (Å²) in [5.74, 6) is 0.829. The van der Waals surface area contributed by atoms with Crippen LogP contribution in [0.3, 0.4) is 0 Å². The molecule has 0 bridgehead atoms. The Hall–Kier alpha value is -1.92. The van der Waals surface area contributed by atoms with Crippen molar-refractivity contribution < 1.29 is 14.6 Å². The lowest BCUT2D eigenvalue weighted by Gasteiger charge is -2.14. The average Bonchev–Trinajstić information content (AvgIpc) is 3.02. The summed E-state index contributed by atoms with van der Waals surface area (Å²) in [6.07, 6.45) is -0.304. The van der Waals surface area contributed by atoms with E-state index < -0.39 is 6.10 Å². The number of nitrogens with one attached hydrogen (secondary N) is 1. The van der Waals surface area contributed by atoms with Gasteiger partial charge in [-0.25, -0.2) is 4.98 Å². The third-order valence-electron chi connectivity index (χ3n) is 3.58. The van der Waals surface area contributed by atoms with Crippen LogP contribution in [0.2, 0.25) is 0 Å². The monoisotopic (exact) mass is 348 g/mol. The quantitative estimate of drug-likeness (QED) is 0.769. The predicted octanol–water partition coefficient (Wildman–Crippen LogP) is 2.88. The van der Waals surface area contributed by atoms with Crippen molar-refractivity contribution in [2.24, 2.45) is 5.92 Å². The van der Waals surface area contributed by atoms with Crippen molar-refractivity contribution in [3.05, 3.63) is 35.3 Å². The van der Waals surface area contributed by atoms with Crippen molar-refractivity contribution in [2.75, 3.05) is 13.2 Å². The first-order valence-corrected chi connectivity index (χ1v) is 9.00. The van der Waals surface area contributed by atoms with Gasteiger partial charge in [0.1, 0.15) is 10.8 Å². The molecule has 5 nitrogen and oxygen atoms in total. The standard InChI is InChI=1S/C18H24N2O3S/c1-4-23-15-7-5-13(6-8-15)18-20-14(11-24-18)9-17(22)19-10-16(21)12(2)3/h5-8,11-12,16,21H,4,9-10H2,1-3H3,(H,19,22). The first-order valence-electron chi connectivity index (χ1n) is 8.12. The number of hydrogen-bond donors (Lipinski definition) is 2. The zero-order valence-corrected chi connectivity index (χ0v) is 15.1. The Bertz CT molecular complexity index is 653. The SMILES string of the molecule is CCOc1ccc(-c2nc(CC(=O)NCC(O)C(C)C)cs2)cc1. The third kappa shape index (κ3) is 5.32. The Morgan fingerprint density at radius 3 is 2.67 bits per heavy atom. The Morgan fingerprint density at radius 1 is 1.33 bits per heavy atom. The lowest BCUT2D eigenvalue weighted by Crippen LogP contribution is -2.35. The van der Waals surface area contributed by atoms with E-state index in [1.165, 1.54) is 11.3 Å². The van der Waals surface area contributed by atoms with Crippen molar-refractivity contribution >= 4 is 17.2 Å². The van der Waals surface area contributed by atoms with Gasteiger partial charge < -0.3 is 15.2 Å². The smallest absolute Gasteiger partial charge is 0.226 e. The van der Waals surface area contributed by atoms with Gasteiger partial charge in [0.2, 0.25) is 5.91 Å². The van der Waals surface area contributed by atoms with Gasteiger partial charge in [-0.2, -0.15) is 0 Å². The predicted molar refractivity (Wildman–Crippen MR) is 96.3 cm³/mol. The molecule has 2 N–H and O–H groups in total. The van der Waals surface area contributed by atoms with Gasteiger partial charge in [-0.3, -0.25) is 4.79 Å². The molecule has 0 saturated heterocycles. The zero-order chi connectivity index (χ0) is 17.5. The van der Waals surface area contributed by atoms with Gasteiger partial charge in [-0.1, -0.05) is 13.8 Å². The van der Waals surface area contributed by atoms with Gasteiger partial charge in [0.15, 0.2) is 0 Å². The van der Waals surface area contributed by atoms with Crippen LogP contribution in [0.5, 0.6) is 5.75 Å². The fraction of sp³-hybridized carbons (Fsp3) is 0.444. The van der Waals surface area contributed by atoms with Crippen molar-refractivity contribution in [3.8, 4) is 16.3 Å². The molecule has 0 spiro atoms. The van der Waals surface area contributed by atoms with Crippen LogP contribution >= 0.6 is 11.3 Å². The molecule has 0 aliphatic rings. The molecule has 6 heteroatoms. The van der Waals surface area contributed by atoms with E-state index in [0.717, 1.165) is 22.0 Å². The summed E-state index contributed by atoms with van der Waals surface area (Å²) in [6.45, 7) is 6.70. The fourth-order valence-electron chi connectivity index (χ4n) is 2.06. The van der Waals surface area contributed by atoms with E-state index >= 15 is 0 Å². The maximum atomic E-state index is 11.9. The molecule has 0 fully saturated rings. The summed E-state index contributed by atoms with van der Waals surface area (Å²) in [5.41, 5.74) is 1.74. The first kappa shape index (κ1) is 18.4. The summed E-state index contributed by atoms with van der Waals surface area (Å²) in [7, 11) is 0. The number of aliphatic hydroxyl groups is 1. The molecule has 1 atom stereocenters. The molecule has 0 radical (unpaired) electrons. The highest BCUT2D eigenvalue weighted by atomic mass is 32.1. The number of rotatable bonds is 8. The van der Waals surface area contributed by atoms with Crippen molar-refractivity contribution in [1.82, 2.24) is 10.3 Å². The Morgan fingerprint density at radius 2 is 2.04 bits per heavy atom. The topological polar surface area (TPSA) is 71.5 Å². The van der Waals surface area contributed by atoms with Crippen LogP contribution in [-0.2, 0) is 11.2 Å². The first-order chi connectivity index (χ1) is 11.5. The molecule has 1 unspecified atom stereocenters. The molecular formula is C18H24N2O3S. The summed E-state index contributed by atoms with van der Waals surface area (Å²) >= 11 is 1.51. The summed E-state index contributed by atoms with van der Waals surface area (Å²) < 4.78 is 5.43. The minimum Gasteiger partial charge on any atom is -0.494 e. The largest absolute Gasteiger partial charge is 0.494 e. The Balaban J connectivity index is 1.91. The van der Waals surface area contributed by atoms with Gasteiger partial charge in [-0.05, 0) is 37.1 Å². The van der Waals surface area contributed by atoms with Crippen LogP contribution in [0.4, 0.5) is 0 Å². The summed E-state index contributed by atoms with van der Waals surface area (Å²) in [5, 5.41) is 15.2. The number of ether oxygens (including phenoxy) is 1. The van der Waals surface area contributed by atoms with Crippen molar-refractivity contribution in [3.63, 3.8) is 0 Å². The highest BCUT2D eigenvalue weighted by molar-refractivity contribution is 7.13. The van der Waals surface area contributed by atoms with Gasteiger partial charge in [0.25, 0.3) is 0 Å². The van der Waals surface area contributed by atoms with Gasteiger partial charge in [0, 0.05) is 17.5 Å². The third-order valence-corrected chi connectivity index (χ3v) is 4.52. The molecule has 0 aliphatic heterocycles. The lowest BCUT2D eigenvalue weighted by atomic mass is 10.1. The molecule has 130 valence electrons. The number of hydrogen-bond acceptors (Lipinski definition) is 5. The van der Waals surface area contributed by atoms with Crippen LogP contribution in [0.15, 0.2) is 29.6 Å². The summed E-state index contributed by atoms with van der Waals surface area (Å²) in [6, 6.07) is 7.76. The van der Waals surface area contributed by atoms with Crippen molar-refractivity contribution in [1.29, 1.82) is 0 Å². The van der Waals surface area contributed by atoms with Crippen LogP contribution < -0.4 is 10.1 Å². The second-order valence-corrected chi connectivity index (χ2v) is 6.75. The number of amides is 1. The van der Waals surface area contributed by atoms with E-state index in [4.69, 9.17) is 4.74 Å². The lowest BCUT2D eigenvalue weighted by molar-refractivity contribution is -0.121. The maximum Gasteiger partial charge on any atom is 0.226 e. The van der Waals surface area contributed by atoms with Gasteiger partial charge in [0.05, 0.1) is 24.8 Å². The summed E-state index contributed by atoms with van der Waals surface area (Å²) in [4.78, 5) is 16.4. The molecule has 2 aromatic rings. The second kappa shape index (κ2) is 8.80. The molecule has 1 aromatic carbocycles. The fourth-order valence-corrected chi connectivity index (χ4v) is 2.89. The number of aliphatic hydroxyl groups excluding tert-OH is 1. The number of nitrogens with zero attached hydrogens (tertiary/aromatic N) is 1. The van der Waals surface area contributed by atoms with E-state index in [1.54, 1.807) is 0 Å². The molecule has 24 heavy (non-hydrogen) atoms. The number of carbonyl (C=O) groups excluding carboxylic acids is 1. The average molecular weight is 348 g/mol. The number of benzene rings is 1. The normalized spacial score (nSPS) is 12.2. The minimum absolute atomic E-state index is 0.121.